The number of hydrogen-bond acceptors (Lipinski definition) is 6. The van der Waals surface area contributed by atoms with Crippen molar-refractivity contribution in [2.24, 2.45) is 28.6 Å². The van der Waals surface area contributed by atoms with Crippen molar-refractivity contribution in [1.29, 1.82) is 0 Å². The highest BCUT2D eigenvalue weighted by Gasteiger charge is 2.66. The van der Waals surface area contributed by atoms with Crippen LogP contribution in [0.3, 0.4) is 0 Å². The van der Waals surface area contributed by atoms with E-state index in [4.69, 9.17) is 9.47 Å². The number of fused-ring (bicyclic) bond motifs is 5. The van der Waals surface area contributed by atoms with Crippen LogP contribution in [0.25, 0.3) is 0 Å². The summed E-state index contributed by atoms with van der Waals surface area (Å²) >= 11 is 0. The van der Waals surface area contributed by atoms with Gasteiger partial charge in [0.05, 0.1) is 0 Å². The molecule has 4 aliphatic carbocycles. The molecule has 0 spiro atoms. The Morgan fingerprint density at radius 1 is 1.03 bits per heavy atom. The van der Waals surface area contributed by atoms with Crippen molar-refractivity contribution in [3.8, 4) is 0 Å². The van der Waals surface area contributed by atoms with Crippen molar-refractivity contribution in [2.75, 3.05) is 6.61 Å². The highest BCUT2D eigenvalue weighted by molar-refractivity contribution is 5.90. The molecule has 3 fully saturated rings. The third-order valence-corrected chi connectivity index (χ3v) is 9.41. The lowest BCUT2D eigenvalue weighted by atomic mass is 9.46. The number of aliphatic hydroxyl groups is 1. The van der Waals surface area contributed by atoms with E-state index in [0.717, 1.165) is 44.9 Å². The minimum absolute atomic E-state index is 0.0160. The number of carbonyl (C=O) groups is 3. The second-order valence-corrected chi connectivity index (χ2v) is 10.8. The molecule has 0 heterocycles. The number of ether oxygens (including phenoxy) is 2. The van der Waals surface area contributed by atoms with Crippen LogP contribution in [0, 0.1) is 28.6 Å². The summed E-state index contributed by atoms with van der Waals surface area (Å²) in [6.45, 7) is 6.86. The van der Waals surface area contributed by atoms with Crippen LogP contribution < -0.4 is 0 Å². The lowest BCUT2D eigenvalue weighted by molar-refractivity contribution is -0.169. The molecular weight excluding hydrogens is 396 g/mol. The van der Waals surface area contributed by atoms with Gasteiger partial charge in [0.15, 0.2) is 6.61 Å². The van der Waals surface area contributed by atoms with Crippen molar-refractivity contribution in [3.63, 3.8) is 0 Å². The van der Waals surface area contributed by atoms with Gasteiger partial charge in [-0.1, -0.05) is 25.5 Å². The van der Waals surface area contributed by atoms with E-state index < -0.39 is 17.0 Å². The van der Waals surface area contributed by atoms with Gasteiger partial charge in [0.1, 0.15) is 11.7 Å². The number of rotatable bonds is 4. The SMILES string of the molecule is CC(=O)OCC(=O)[C@@]1(O)CC[C@H]2[C@@H]3CC=C4CC(OC(C)=O)CC[C@]4(C)[C@H]3CC[C@@]21C. The first kappa shape index (κ1) is 22.5. The molecule has 4 aliphatic rings. The van der Waals surface area contributed by atoms with E-state index in [9.17, 15) is 19.5 Å². The van der Waals surface area contributed by atoms with Crippen molar-refractivity contribution < 1.29 is 29.0 Å². The van der Waals surface area contributed by atoms with E-state index >= 15 is 0 Å². The molecule has 0 aliphatic heterocycles. The van der Waals surface area contributed by atoms with Crippen LogP contribution in [0.15, 0.2) is 11.6 Å². The Morgan fingerprint density at radius 2 is 1.74 bits per heavy atom. The number of hydrogen-bond donors (Lipinski definition) is 1. The van der Waals surface area contributed by atoms with Crippen LogP contribution in [0.4, 0.5) is 0 Å². The van der Waals surface area contributed by atoms with Gasteiger partial charge in [-0.15, -0.1) is 0 Å². The van der Waals surface area contributed by atoms with E-state index in [1.54, 1.807) is 0 Å². The molecular formula is C25H36O6. The minimum Gasteiger partial charge on any atom is -0.462 e. The Labute approximate surface area is 184 Å². The third-order valence-electron chi connectivity index (χ3n) is 9.41. The zero-order chi connectivity index (χ0) is 22.6. The molecule has 0 aromatic heterocycles. The molecule has 1 unspecified atom stereocenters. The van der Waals surface area contributed by atoms with Crippen molar-refractivity contribution in [2.45, 2.75) is 90.8 Å². The molecule has 3 saturated carbocycles. The summed E-state index contributed by atoms with van der Waals surface area (Å²) in [5.74, 6) is 0.176. The topological polar surface area (TPSA) is 89.9 Å². The van der Waals surface area contributed by atoms with E-state index in [-0.39, 0.29) is 35.8 Å². The van der Waals surface area contributed by atoms with Gasteiger partial charge in [0.25, 0.3) is 0 Å². The van der Waals surface area contributed by atoms with Crippen LogP contribution in [0.1, 0.15) is 79.1 Å². The number of esters is 2. The quantitative estimate of drug-likeness (QED) is 0.538. The van der Waals surface area contributed by atoms with E-state index in [1.807, 2.05) is 0 Å². The maximum absolute atomic E-state index is 12.9. The Hall–Kier alpha value is -1.69. The summed E-state index contributed by atoms with van der Waals surface area (Å²) < 4.78 is 10.5. The molecule has 31 heavy (non-hydrogen) atoms. The predicted octanol–water partition coefficient (Wildman–Crippen LogP) is 3.74. The number of ketones is 1. The molecule has 0 saturated heterocycles. The first-order chi connectivity index (χ1) is 14.5. The lowest BCUT2D eigenvalue weighted by Gasteiger charge is -2.58. The molecule has 0 bridgehead atoms. The van der Waals surface area contributed by atoms with Crippen molar-refractivity contribution in [1.82, 2.24) is 0 Å². The Kier molecular flexibility index (Phi) is 5.60. The average Bonchev–Trinajstić information content (AvgIpc) is 2.98. The molecule has 6 nitrogen and oxygen atoms in total. The van der Waals surface area contributed by atoms with Gasteiger partial charge < -0.3 is 14.6 Å². The largest absolute Gasteiger partial charge is 0.462 e. The molecule has 0 amide bonds. The minimum atomic E-state index is -1.42. The molecule has 4 rings (SSSR count). The van der Waals surface area contributed by atoms with Gasteiger partial charge in [-0.3, -0.25) is 14.4 Å². The molecule has 6 heteroatoms. The fourth-order valence-corrected chi connectivity index (χ4v) is 7.72. The van der Waals surface area contributed by atoms with Gasteiger partial charge in [0.2, 0.25) is 5.78 Å². The van der Waals surface area contributed by atoms with E-state index in [1.165, 1.54) is 19.4 Å². The molecule has 0 aromatic carbocycles. The summed E-state index contributed by atoms with van der Waals surface area (Å²) in [6.07, 6.45) is 9.08. The number of allylic oxidation sites excluding steroid dienone is 1. The van der Waals surface area contributed by atoms with Crippen LogP contribution in [0.2, 0.25) is 0 Å². The molecule has 0 aromatic rings. The maximum atomic E-state index is 12.9. The zero-order valence-corrected chi connectivity index (χ0v) is 19.2. The van der Waals surface area contributed by atoms with Crippen LogP contribution in [-0.2, 0) is 23.9 Å². The second kappa shape index (κ2) is 7.72. The van der Waals surface area contributed by atoms with Gasteiger partial charge in [-0.25, -0.2) is 0 Å². The highest BCUT2D eigenvalue weighted by atomic mass is 16.5. The lowest BCUT2D eigenvalue weighted by Crippen LogP contribution is -2.58. The summed E-state index contributed by atoms with van der Waals surface area (Å²) in [5, 5.41) is 11.5. The molecule has 0 radical (unpaired) electrons. The molecule has 172 valence electrons. The van der Waals surface area contributed by atoms with Crippen LogP contribution in [0.5, 0.6) is 0 Å². The van der Waals surface area contributed by atoms with Gasteiger partial charge in [0, 0.05) is 25.7 Å². The van der Waals surface area contributed by atoms with Crippen LogP contribution >= 0.6 is 0 Å². The van der Waals surface area contributed by atoms with E-state index in [2.05, 4.69) is 19.9 Å². The smallest absolute Gasteiger partial charge is 0.303 e. The Bertz CT molecular complexity index is 817. The zero-order valence-electron chi connectivity index (χ0n) is 19.2. The standard InChI is InChI=1S/C25H36O6/c1-15(26)30-14-22(28)25(29)12-9-21-19-6-5-17-13-18(31-16(2)27)7-10-23(17,3)20(19)8-11-24(21,25)4/h5,18-21,29H,6-14H2,1-4H3/t18?,19-,20+,21+,23+,24+,25+/m1/s1. The molecule has 7 atom stereocenters. The highest BCUT2D eigenvalue weighted by Crippen LogP contribution is 2.67. The van der Waals surface area contributed by atoms with Crippen molar-refractivity contribution in [3.05, 3.63) is 11.6 Å². The summed E-state index contributed by atoms with van der Waals surface area (Å²) in [5.41, 5.74) is -0.379. The fourth-order valence-electron chi connectivity index (χ4n) is 7.72. The molecule has 1 N–H and O–H groups in total. The monoisotopic (exact) mass is 432 g/mol. The summed E-state index contributed by atoms with van der Waals surface area (Å²) in [4.78, 5) is 35.5. The van der Waals surface area contributed by atoms with Gasteiger partial charge in [-0.05, 0) is 68.1 Å². The van der Waals surface area contributed by atoms with Crippen molar-refractivity contribution >= 4 is 17.7 Å². The Balaban J connectivity index is 1.56. The van der Waals surface area contributed by atoms with Gasteiger partial charge in [-0.2, -0.15) is 0 Å². The normalized spacial score (nSPS) is 43.7. The summed E-state index contributed by atoms with van der Waals surface area (Å²) in [6, 6.07) is 0. The summed E-state index contributed by atoms with van der Waals surface area (Å²) in [7, 11) is 0. The number of Topliss-reactive ketones (excluding diaryl/α,β-unsaturated/α-hetero) is 1. The average molecular weight is 433 g/mol. The van der Waals surface area contributed by atoms with E-state index in [0.29, 0.717) is 18.3 Å². The predicted molar refractivity (Wildman–Crippen MR) is 114 cm³/mol. The first-order valence-corrected chi connectivity index (χ1v) is 11.8. The Morgan fingerprint density at radius 3 is 2.42 bits per heavy atom. The second-order valence-electron chi connectivity index (χ2n) is 10.8. The first-order valence-electron chi connectivity index (χ1n) is 11.8. The number of carbonyl (C=O) groups excluding carboxylic acids is 3. The van der Waals surface area contributed by atoms with Crippen LogP contribution in [-0.4, -0.2) is 41.1 Å². The maximum Gasteiger partial charge on any atom is 0.303 e. The fraction of sp³-hybridized carbons (Fsp3) is 0.800. The third kappa shape index (κ3) is 3.46. The van der Waals surface area contributed by atoms with Gasteiger partial charge >= 0.3 is 11.9 Å².